The second kappa shape index (κ2) is 7.72. The maximum atomic E-state index is 10.4. The van der Waals surface area contributed by atoms with Gasteiger partial charge in [-0.15, -0.1) is 12.4 Å². The monoisotopic (exact) mass is 301 g/mol. The summed E-state index contributed by atoms with van der Waals surface area (Å²) < 4.78 is 5.04. The fraction of sp³-hybridized carbons (Fsp3) is 0.600. The number of hydrogen-bond acceptors (Lipinski definition) is 4. The van der Waals surface area contributed by atoms with Crippen LogP contribution >= 0.6 is 12.4 Å². The van der Waals surface area contributed by atoms with Gasteiger partial charge in [0.25, 0.3) is 0 Å². The Morgan fingerprint density at radius 3 is 2.45 bits per heavy atom. The molecule has 1 fully saturated rings. The van der Waals surface area contributed by atoms with Gasteiger partial charge in [-0.3, -0.25) is 0 Å². The van der Waals surface area contributed by atoms with Gasteiger partial charge >= 0.3 is 0 Å². The molecule has 0 saturated heterocycles. The molecule has 1 aromatic carbocycles. The standard InChI is InChI=1S/C15H23NO3.ClH/c1-19-11-7-8-12(13(17)9-11)14(16)15(18)10-5-3-2-4-6-10;/h7-10,14-15,17-18H,2-6,16H2,1H3;1H/t14-,15+;/m1./s1. The predicted octanol–water partition coefficient (Wildman–Crippen LogP) is 2.76. The van der Waals surface area contributed by atoms with Crippen molar-refractivity contribution in [3.05, 3.63) is 23.8 Å². The lowest BCUT2D eigenvalue weighted by Crippen LogP contribution is -2.34. The van der Waals surface area contributed by atoms with Crippen molar-refractivity contribution in [3.63, 3.8) is 0 Å². The number of benzene rings is 1. The van der Waals surface area contributed by atoms with E-state index in [4.69, 9.17) is 10.5 Å². The largest absolute Gasteiger partial charge is 0.507 e. The zero-order valence-corrected chi connectivity index (χ0v) is 12.6. The Kier molecular flexibility index (Phi) is 6.59. The smallest absolute Gasteiger partial charge is 0.124 e. The van der Waals surface area contributed by atoms with Crippen LogP contribution in [-0.4, -0.2) is 23.4 Å². The van der Waals surface area contributed by atoms with Gasteiger partial charge in [-0.2, -0.15) is 0 Å². The molecule has 0 radical (unpaired) electrons. The van der Waals surface area contributed by atoms with Crippen LogP contribution in [0.4, 0.5) is 0 Å². The van der Waals surface area contributed by atoms with Crippen molar-refractivity contribution < 1.29 is 14.9 Å². The van der Waals surface area contributed by atoms with Crippen LogP contribution in [0.25, 0.3) is 0 Å². The Bertz CT molecular complexity index is 422. The summed E-state index contributed by atoms with van der Waals surface area (Å²) in [6.45, 7) is 0. The Hall–Kier alpha value is -0.970. The number of rotatable bonds is 4. The minimum atomic E-state index is -0.598. The SMILES string of the molecule is COc1ccc([C@@H](N)[C@@H](O)C2CCCCC2)c(O)c1.Cl. The lowest BCUT2D eigenvalue weighted by atomic mass is 9.81. The van der Waals surface area contributed by atoms with Crippen LogP contribution in [0.1, 0.15) is 43.7 Å². The molecule has 0 heterocycles. The molecule has 1 saturated carbocycles. The number of nitrogens with two attached hydrogens (primary N) is 1. The van der Waals surface area contributed by atoms with E-state index in [0.717, 1.165) is 25.7 Å². The minimum absolute atomic E-state index is 0. The maximum Gasteiger partial charge on any atom is 0.124 e. The molecule has 0 amide bonds. The third-order valence-electron chi connectivity index (χ3n) is 4.10. The number of halogens is 1. The number of aromatic hydroxyl groups is 1. The van der Waals surface area contributed by atoms with E-state index >= 15 is 0 Å². The van der Waals surface area contributed by atoms with Crippen LogP contribution in [0.2, 0.25) is 0 Å². The fourth-order valence-corrected chi connectivity index (χ4v) is 2.89. The molecule has 20 heavy (non-hydrogen) atoms. The van der Waals surface area contributed by atoms with Gasteiger partial charge in [0.05, 0.1) is 19.3 Å². The van der Waals surface area contributed by atoms with Gasteiger partial charge in [-0.25, -0.2) is 0 Å². The van der Waals surface area contributed by atoms with Gasteiger partial charge in [0.15, 0.2) is 0 Å². The van der Waals surface area contributed by atoms with Crippen molar-refractivity contribution in [1.82, 2.24) is 0 Å². The van der Waals surface area contributed by atoms with Crippen molar-refractivity contribution in [3.8, 4) is 11.5 Å². The van der Waals surface area contributed by atoms with E-state index in [1.165, 1.54) is 12.5 Å². The van der Waals surface area contributed by atoms with Crippen LogP contribution in [0.5, 0.6) is 11.5 Å². The van der Waals surface area contributed by atoms with E-state index in [9.17, 15) is 10.2 Å². The number of methoxy groups -OCH3 is 1. The first-order chi connectivity index (χ1) is 9.13. The van der Waals surface area contributed by atoms with Crippen molar-refractivity contribution >= 4 is 12.4 Å². The molecular weight excluding hydrogens is 278 g/mol. The number of aliphatic hydroxyl groups is 1. The van der Waals surface area contributed by atoms with Crippen LogP contribution in [0.3, 0.4) is 0 Å². The quantitative estimate of drug-likeness (QED) is 0.799. The predicted molar refractivity (Wildman–Crippen MR) is 81.4 cm³/mol. The van der Waals surface area contributed by atoms with Gasteiger partial charge in [0.1, 0.15) is 11.5 Å². The fourth-order valence-electron chi connectivity index (χ4n) is 2.89. The molecule has 2 rings (SSSR count). The van der Waals surface area contributed by atoms with E-state index in [0.29, 0.717) is 11.3 Å². The summed E-state index contributed by atoms with van der Waals surface area (Å²) >= 11 is 0. The highest BCUT2D eigenvalue weighted by molar-refractivity contribution is 5.85. The molecule has 1 aliphatic rings. The summed E-state index contributed by atoms with van der Waals surface area (Å²) in [6.07, 6.45) is 5.00. The molecular formula is C15H24ClNO3. The molecule has 114 valence electrons. The topological polar surface area (TPSA) is 75.7 Å². The minimum Gasteiger partial charge on any atom is -0.507 e. The third-order valence-corrected chi connectivity index (χ3v) is 4.10. The van der Waals surface area contributed by atoms with Crippen LogP contribution in [-0.2, 0) is 0 Å². The lowest BCUT2D eigenvalue weighted by molar-refractivity contribution is 0.0611. The molecule has 0 aromatic heterocycles. The zero-order chi connectivity index (χ0) is 13.8. The number of aliphatic hydroxyl groups excluding tert-OH is 1. The Balaban J connectivity index is 0.00000200. The van der Waals surface area contributed by atoms with E-state index in [1.807, 2.05) is 0 Å². The Morgan fingerprint density at radius 1 is 1.25 bits per heavy atom. The van der Waals surface area contributed by atoms with Crippen molar-refractivity contribution in [2.75, 3.05) is 7.11 Å². The summed E-state index contributed by atoms with van der Waals surface area (Å²) in [5, 5.41) is 20.3. The van der Waals surface area contributed by atoms with E-state index in [1.54, 1.807) is 19.2 Å². The molecule has 1 aliphatic carbocycles. The normalized spacial score (nSPS) is 18.9. The summed E-state index contributed by atoms with van der Waals surface area (Å²) in [5.41, 5.74) is 6.69. The molecule has 1 aromatic rings. The van der Waals surface area contributed by atoms with Gasteiger partial charge < -0.3 is 20.7 Å². The van der Waals surface area contributed by atoms with Gasteiger partial charge in [-0.1, -0.05) is 19.3 Å². The second-order valence-electron chi connectivity index (χ2n) is 5.34. The number of ether oxygens (including phenoxy) is 1. The maximum absolute atomic E-state index is 10.4. The highest BCUT2D eigenvalue weighted by atomic mass is 35.5. The third kappa shape index (κ3) is 3.78. The molecule has 5 heteroatoms. The highest BCUT2D eigenvalue weighted by Gasteiger charge is 2.29. The van der Waals surface area contributed by atoms with Crippen molar-refractivity contribution in [1.29, 1.82) is 0 Å². The molecule has 0 spiro atoms. The average Bonchev–Trinajstić information content (AvgIpc) is 2.46. The average molecular weight is 302 g/mol. The van der Waals surface area contributed by atoms with Crippen molar-refractivity contribution in [2.24, 2.45) is 11.7 Å². The first-order valence-electron chi connectivity index (χ1n) is 6.94. The molecule has 2 atom stereocenters. The summed E-state index contributed by atoms with van der Waals surface area (Å²) in [7, 11) is 1.55. The molecule has 4 nitrogen and oxygen atoms in total. The zero-order valence-electron chi connectivity index (χ0n) is 11.8. The second-order valence-corrected chi connectivity index (χ2v) is 5.34. The number of hydrogen-bond donors (Lipinski definition) is 3. The number of phenols is 1. The Morgan fingerprint density at radius 2 is 1.90 bits per heavy atom. The van der Waals surface area contributed by atoms with Crippen LogP contribution in [0.15, 0.2) is 18.2 Å². The van der Waals surface area contributed by atoms with Crippen LogP contribution < -0.4 is 10.5 Å². The molecule has 0 unspecified atom stereocenters. The van der Waals surface area contributed by atoms with E-state index < -0.39 is 12.1 Å². The lowest BCUT2D eigenvalue weighted by Gasteiger charge is -2.30. The molecule has 0 bridgehead atoms. The highest BCUT2D eigenvalue weighted by Crippen LogP contribution is 2.35. The Labute approximate surface area is 126 Å². The van der Waals surface area contributed by atoms with Crippen molar-refractivity contribution in [2.45, 2.75) is 44.2 Å². The summed E-state index contributed by atoms with van der Waals surface area (Å²) in [6, 6.07) is 4.46. The van der Waals surface area contributed by atoms with E-state index in [2.05, 4.69) is 0 Å². The number of phenolic OH excluding ortho intramolecular Hbond substituents is 1. The van der Waals surface area contributed by atoms with Crippen LogP contribution in [0, 0.1) is 5.92 Å². The first kappa shape index (κ1) is 17.1. The van der Waals surface area contributed by atoms with Gasteiger partial charge in [-0.05, 0) is 30.9 Å². The van der Waals surface area contributed by atoms with Gasteiger partial charge in [0.2, 0.25) is 0 Å². The summed E-state index contributed by atoms with van der Waals surface area (Å²) in [5.74, 6) is 0.910. The summed E-state index contributed by atoms with van der Waals surface area (Å²) in [4.78, 5) is 0. The molecule has 4 N–H and O–H groups in total. The molecule has 0 aliphatic heterocycles. The first-order valence-corrected chi connectivity index (χ1v) is 6.94. The van der Waals surface area contributed by atoms with E-state index in [-0.39, 0.29) is 24.1 Å². The van der Waals surface area contributed by atoms with Gasteiger partial charge in [0, 0.05) is 11.6 Å².